The van der Waals surface area contributed by atoms with Crippen molar-refractivity contribution in [1.29, 1.82) is 0 Å². The van der Waals surface area contributed by atoms with Crippen LogP contribution in [0.3, 0.4) is 0 Å². The zero-order valence-electron chi connectivity index (χ0n) is 15.2. The maximum atomic E-state index is 6.20. The molecule has 1 aromatic heterocycles. The van der Waals surface area contributed by atoms with Crippen LogP contribution < -0.4 is 0 Å². The first-order valence-electron chi connectivity index (χ1n) is 8.69. The van der Waals surface area contributed by atoms with Gasteiger partial charge in [0.2, 0.25) is 0 Å². The lowest BCUT2D eigenvalue weighted by Crippen LogP contribution is -2.51. The highest BCUT2D eigenvalue weighted by Crippen LogP contribution is 2.42. The largest absolute Gasteiger partial charge is 0.354 e. The third-order valence-corrected chi connectivity index (χ3v) is 5.15. The number of aryl methyl sites for hydroxylation is 1. The molecule has 1 heterocycles. The zero-order valence-corrected chi connectivity index (χ0v) is 15.2. The van der Waals surface area contributed by atoms with E-state index >= 15 is 0 Å². The van der Waals surface area contributed by atoms with Crippen LogP contribution in [0.2, 0.25) is 0 Å². The minimum absolute atomic E-state index is 0.161. The summed E-state index contributed by atoms with van der Waals surface area (Å²) < 4.78 is 6.20. The highest BCUT2D eigenvalue weighted by molar-refractivity contribution is 5.80. The quantitative estimate of drug-likeness (QED) is 0.720. The molecule has 128 valence electrons. The van der Waals surface area contributed by atoms with E-state index in [1.807, 2.05) is 18.5 Å². The standard InChI is InChI=1S/C19H31N3O/c1-6-8-19(22(4)5)11-15(2)10-18(19)23-14-21-13-17-12-20-9-7-16(17)3/h7,9,12-13,15,18H,6,8,10-11,14H2,1-5H3. The minimum atomic E-state index is 0.161. The predicted molar refractivity (Wildman–Crippen MR) is 96.0 cm³/mol. The summed E-state index contributed by atoms with van der Waals surface area (Å²) in [5.41, 5.74) is 2.41. The Bertz CT molecular complexity index is 529. The Morgan fingerprint density at radius 3 is 2.91 bits per heavy atom. The fourth-order valence-electron chi connectivity index (χ4n) is 3.90. The lowest BCUT2D eigenvalue weighted by Gasteiger charge is -2.41. The van der Waals surface area contributed by atoms with E-state index in [9.17, 15) is 0 Å². The van der Waals surface area contributed by atoms with Crippen LogP contribution in [0.4, 0.5) is 0 Å². The van der Waals surface area contributed by atoms with Gasteiger partial charge in [0.1, 0.15) is 6.73 Å². The molecule has 1 aliphatic carbocycles. The number of hydrogen-bond acceptors (Lipinski definition) is 4. The van der Waals surface area contributed by atoms with Gasteiger partial charge in [-0.15, -0.1) is 0 Å². The molecule has 0 saturated heterocycles. The maximum absolute atomic E-state index is 6.20. The smallest absolute Gasteiger partial charge is 0.137 e. The Morgan fingerprint density at radius 1 is 1.48 bits per heavy atom. The lowest BCUT2D eigenvalue weighted by atomic mass is 9.87. The van der Waals surface area contributed by atoms with Crippen LogP contribution in [0.1, 0.15) is 50.7 Å². The van der Waals surface area contributed by atoms with Crippen molar-refractivity contribution in [3.63, 3.8) is 0 Å². The summed E-state index contributed by atoms with van der Waals surface area (Å²) in [6.07, 6.45) is 10.5. The van der Waals surface area contributed by atoms with Crippen LogP contribution in [0.5, 0.6) is 0 Å². The first-order valence-corrected chi connectivity index (χ1v) is 8.69. The van der Waals surface area contributed by atoms with Gasteiger partial charge in [-0.3, -0.25) is 9.98 Å². The molecule has 1 saturated carbocycles. The normalized spacial score (nSPS) is 28.1. The zero-order chi connectivity index (χ0) is 16.9. The van der Waals surface area contributed by atoms with E-state index in [1.54, 1.807) is 6.20 Å². The molecule has 0 spiro atoms. The van der Waals surface area contributed by atoms with Gasteiger partial charge in [0.25, 0.3) is 0 Å². The number of hydrogen-bond donors (Lipinski definition) is 0. The van der Waals surface area contributed by atoms with E-state index in [-0.39, 0.29) is 11.6 Å². The number of ether oxygens (including phenoxy) is 1. The third-order valence-electron chi connectivity index (χ3n) is 5.15. The van der Waals surface area contributed by atoms with Gasteiger partial charge in [-0.1, -0.05) is 20.3 Å². The molecule has 0 N–H and O–H groups in total. The van der Waals surface area contributed by atoms with E-state index in [2.05, 4.69) is 49.7 Å². The Hall–Kier alpha value is -1.26. The van der Waals surface area contributed by atoms with Crippen LogP contribution in [0.15, 0.2) is 23.5 Å². The number of nitrogens with zero attached hydrogens (tertiary/aromatic N) is 3. The second kappa shape index (κ2) is 8.02. The van der Waals surface area contributed by atoms with E-state index in [0.717, 1.165) is 12.0 Å². The Balaban J connectivity index is 1.99. The molecule has 23 heavy (non-hydrogen) atoms. The molecule has 0 aromatic carbocycles. The number of rotatable bonds is 7. The predicted octanol–water partition coefficient (Wildman–Crippen LogP) is 3.68. The third kappa shape index (κ3) is 4.18. The average Bonchev–Trinajstić information content (AvgIpc) is 2.83. The first kappa shape index (κ1) is 18.1. The molecule has 1 fully saturated rings. The van der Waals surface area contributed by atoms with Gasteiger partial charge in [-0.05, 0) is 57.8 Å². The van der Waals surface area contributed by atoms with Crippen LogP contribution in [0.25, 0.3) is 0 Å². The van der Waals surface area contributed by atoms with Crippen molar-refractivity contribution in [3.8, 4) is 0 Å². The molecule has 4 heteroatoms. The van der Waals surface area contributed by atoms with Crippen LogP contribution in [0, 0.1) is 12.8 Å². The summed E-state index contributed by atoms with van der Waals surface area (Å²) in [6.45, 7) is 7.08. The van der Waals surface area contributed by atoms with Gasteiger partial charge in [-0.25, -0.2) is 0 Å². The second-order valence-electron chi connectivity index (χ2n) is 7.12. The van der Waals surface area contributed by atoms with Crippen molar-refractivity contribution >= 4 is 6.21 Å². The molecule has 0 bridgehead atoms. The van der Waals surface area contributed by atoms with Crippen molar-refractivity contribution in [2.24, 2.45) is 10.9 Å². The molecule has 0 aliphatic heterocycles. The summed E-state index contributed by atoms with van der Waals surface area (Å²) in [7, 11) is 4.37. The fourth-order valence-corrected chi connectivity index (χ4v) is 3.90. The monoisotopic (exact) mass is 317 g/mol. The number of aliphatic imine (C=N–C) groups is 1. The van der Waals surface area contributed by atoms with Crippen molar-refractivity contribution in [3.05, 3.63) is 29.6 Å². The van der Waals surface area contributed by atoms with Crippen molar-refractivity contribution < 1.29 is 4.74 Å². The van der Waals surface area contributed by atoms with Crippen molar-refractivity contribution in [1.82, 2.24) is 9.88 Å². The Morgan fingerprint density at radius 2 is 2.26 bits per heavy atom. The minimum Gasteiger partial charge on any atom is -0.354 e. The van der Waals surface area contributed by atoms with E-state index in [1.165, 1.54) is 24.8 Å². The molecule has 1 aromatic rings. The summed E-state index contributed by atoms with van der Waals surface area (Å²) >= 11 is 0. The van der Waals surface area contributed by atoms with Crippen LogP contribution in [-0.2, 0) is 4.74 Å². The fraction of sp³-hybridized carbons (Fsp3) is 0.684. The highest BCUT2D eigenvalue weighted by Gasteiger charge is 2.47. The number of likely N-dealkylation sites (N-methyl/N-ethyl adjacent to an activating group) is 1. The molecule has 0 radical (unpaired) electrons. The molecule has 0 amide bonds. The van der Waals surface area contributed by atoms with Crippen LogP contribution >= 0.6 is 0 Å². The van der Waals surface area contributed by atoms with Gasteiger partial charge in [0.05, 0.1) is 6.10 Å². The summed E-state index contributed by atoms with van der Waals surface area (Å²) in [6, 6.07) is 2.00. The van der Waals surface area contributed by atoms with E-state index in [0.29, 0.717) is 12.6 Å². The van der Waals surface area contributed by atoms with Gasteiger partial charge in [0, 0.05) is 29.7 Å². The molecule has 2 rings (SSSR count). The molecule has 3 unspecified atom stereocenters. The Labute approximate surface area is 141 Å². The molecular weight excluding hydrogens is 286 g/mol. The lowest BCUT2D eigenvalue weighted by molar-refractivity contribution is -0.0406. The van der Waals surface area contributed by atoms with Crippen LogP contribution in [-0.4, -0.2) is 48.6 Å². The average molecular weight is 317 g/mol. The van der Waals surface area contributed by atoms with Gasteiger partial charge in [0.15, 0.2) is 0 Å². The van der Waals surface area contributed by atoms with Crippen molar-refractivity contribution in [2.75, 3.05) is 20.8 Å². The first-order chi connectivity index (χ1) is 11.0. The topological polar surface area (TPSA) is 37.7 Å². The second-order valence-corrected chi connectivity index (χ2v) is 7.12. The number of aromatic nitrogens is 1. The molecule has 1 aliphatic rings. The SMILES string of the molecule is CCCC1(N(C)C)CC(C)CC1OCN=Cc1cnccc1C. The summed E-state index contributed by atoms with van der Waals surface area (Å²) in [5.74, 6) is 0.707. The van der Waals surface area contributed by atoms with Gasteiger partial charge < -0.3 is 9.64 Å². The Kier molecular flexibility index (Phi) is 6.31. The molecule has 3 atom stereocenters. The maximum Gasteiger partial charge on any atom is 0.137 e. The number of pyridine rings is 1. The molecular formula is C19H31N3O. The van der Waals surface area contributed by atoms with E-state index in [4.69, 9.17) is 4.74 Å². The van der Waals surface area contributed by atoms with Crippen molar-refractivity contribution in [2.45, 2.75) is 58.1 Å². The highest BCUT2D eigenvalue weighted by atomic mass is 16.5. The summed E-state index contributed by atoms with van der Waals surface area (Å²) in [5, 5.41) is 0. The van der Waals surface area contributed by atoms with E-state index < -0.39 is 0 Å². The van der Waals surface area contributed by atoms with Gasteiger partial charge >= 0.3 is 0 Å². The van der Waals surface area contributed by atoms with Gasteiger partial charge in [-0.2, -0.15) is 0 Å². The molecule has 4 nitrogen and oxygen atoms in total. The summed E-state index contributed by atoms with van der Waals surface area (Å²) in [4.78, 5) is 11.0.